The van der Waals surface area contributed by atoms with E-state index in [4.69, 9.17) is 6.42 Å². The van der Waals surface area contributed by atoms with Gasteiger partial charge in [0, 0.05) is 12.0 Å². The van der Waals surface area contributed by atoms with Crippen molar-refractivity contribution in [3.05, 3.63) is 59.2 Å². The summed E-state index contributed by atoms with van der Waals surface area (Å²) < 4.78 is 27.4. The molecular formula is C17H14F2O. The third-order valence-electron chi connectivity index (χ3n) is 3.16. The van der Waals surface area contributed by atoms with Crippen molar-refractivity contribution in [2.75, 3.05) is 0 Å². The first-order chi connectivity index (χ1) is 9.52. The van der Waals surface area contributed by atoms with Crippen LogP contribution in [0.15, 0.2) is 36.4 Å². The van der Waals surface area contributed by atoms with E-state index in [1.807, 2.05) is 0 Å². The number of benzene rings is 2. The van der Waals surface area contributed by atoms with Gasteiger partial charge in [0.25, 0.3) is 0 Å². The first-order valence-electron chi connectivity index (χ1n) is 6.21. The summed E-state index contributed by atoms with van der Waals surface area (Å²) in [6.07, 6.45) is 4.60. The summed E-state index contributed by atoms with van der Waals surface area (Å²) in [5.41, 5.74) is 1.92. The second kappa shape index (κ2) is 5.85. The molecule has 102 valence electrons. The zero-order valence-corrected chi connectivity index (χ0v) is 11.0. The van der Waals surface area contributed by atoms with Gasteiger partial charge in [-0.05, 0) is 23.6 Å². The number of aliphatic hydroxyl groups excluding tert-OH is 1. The Morgan fingerprint density at radius 2 is 1.75 bits per heavy atom. The fraction of sp³-hybridized carbons (Fsp3) is 0.176. The van der Waals surface area contributed by atoms with Gasteiger partial charge in [-0.2, -0.15) is 0 Å². The summed E-state index contributed by atoms with van der Waals surface area (Å²) in [6, 6.07) is 9.96. The minimum Gasteiger partial charge on any atom is -0.380 e. The highest BCUT2D eigenvalue weighted by molar-refractivity contribution is 5.65. The molecule has 0 aliphatic carbocycles. The third kappa shape index (κ3) is 2.87. The van der Waals surface area contributed by atoms with Crippen molar-refractivity contribution in [1.29, 1.82) is 0 Å². The summed E-state index contributed by atoms with van der Waals surface area (Å²) in [4.78, 5) is 0. The first-order valence-corrected chi connectivity index (χ1v) is 6.21. The molecule has 3 heteroatoms. The van der Waals surface area contributed by atoms with Crippen molar-refractivity contribution in [3.63, 3.8) is 0 Å². The Morgan fingerprint density at radius 3 is 2.35 bits per heavy atom. The largest absolute Gasteiger partial charge is 0.380 e. The Morgan fingerprint density at radius 1 is 1.10 bits per heavy atom. The average molecular weight is 272 g/mol. The van der Waals surface area contributed by atoms with Gasteiger partial charge in [-0.25, -0.2) is 8.78 Å². The van der Waals surface area contributed by atoms with Gasteiger partial charge in [0.2, 0.25) is 0 Å². The van der Waals surface area contributed by atoms with E-state index >= 15 is 0 Å². The van der Waals surface area contributed by atoms with Crippen LogP contribution in [0.1, 0.15) is 11.1 Å². The molecule has 0 amide bonds. The van der Waals surface area contributed by atoms with Crippen LogP contribution in [0.3, 0.4) is 0 Å². The van der Waals surface area contributed by atoms with E-state index in [0.29, 0.717) is 12.0 Å². The molecule has 2 aromatic rings. The second-order valence-electron chi connectivity index (χ2n) is 4.64. The summed E-state index contributed by atoms with van der Waals surface area (Å²) in [7, 11) is 0. The number of halogens is 2. The summed E-state index contributed by atoms with van der Waals surface area (Å²) in [5.74, 6) is 0.558. The highest BCUT2D eigenvalue weighted by Crippen LogP contribution is 2.26. The number of terminal acetylenes is 1. The van der Waals surface area contributed by atoms with Gasteiger partial charge in [-0.1, -0.05) is 42.3 Å². The van der Waals surface area contributed by atoms with Crippen LogP contribution in [-0.2, 0) is 6.42 Å². The Hall–Kier alpha value is -2.18. The smallest absolute Gasteiger partial charge is 0.166 e. The van der Waals surface area contributed by atoms with E-state index < -0.39 is 17.7 Å². The Balaban J connectivity index is 2.31. The SMILES string of the molecule is C#CC(O)Cc1ccc(-c2ccc(C)c(F)c2F)cc1. The van der Waals surface area contributed by atoms with Crippen molar-refractivity contribution < 1.29 is 13.9 Å². The van der Waals surface area contributed by atoms with Crippen LogP contribution in [0.25, 0.3) is 11.1 Å². The molecule has 2 aromatic carbocycles. The van der Waals surface area contributed by atoms with E-state index in [1.54, 1.807) is 36.4 Å². The lowest BCUT2D eigenvalue weighted by atomic mass is 10.00. The second-order valence-corrected chi connectivity index (χ2v) is 4.64. The number of hydrogen-bond donors (Lipinski definition) is 1. The van der Waals surface area contributed by atoms with Crippen LogP contribution in [0.4, 0.5) is 8.78 Å². The van der Waals surface area contributed by atoms with E-state index in [2.05, 4.69) is 5.92 Å². The topological polar surface area (TPSA) is 20.2 Å². The van der Waals surface area contributed by atoms with E-state index in [9.17, 15) is 13.9 Å². The van der Waals surface area contributed by atoms with Crippen molar-refractivity contribution in [2.45, 2.75) is 19.4 Å². The van der Waals surface area contributed by atoms with Crippen molar-refractivity contribution in [1.82, 2.24) is 0 Å². The van der Waals surface area contributed by atoms with Gasteiger partial charge in [0.05, 0.1) is 0 Å². The molecule has 0 fully saturated rings. The molecule has 1 unspecified atom stereocenters. The van der Waals surface area contributed by atoms with Gasteiger partial charge in [-0.15, -0.1) is 6.42 Å². The van der Waals surface area contributed by atoms with E-state index in [-0.39, 0.29) is 11.1 Å². The lowest BCUT2D eigenvalue weighted by Gasteiger charge is -2.08. The van der Waals surface area contributed by atoms with Gasteiger partial charge >= 0.3 is 0 Å². The monoisotopic (exact) mass is 272 g/mol. The van der Waals surface area contributed by atoms with Crippen molar-refractivity contribution in [2.24, 2.45) is 0 Å². The summed E-state index contributed by atoms with van der Waals surface area (Å²) >= 11 is 0. The molecule has 0 bridgehead atoms. The van der Waals surface area contributed by atoms with Gasteiger partial charge in [0.1, 0.15) is 6.10 Å². The number of rotatable bonds is 3. The van der Waals surface area contributed by atoms with Crippen LogP contribution in [0, 0.1) is 30.9 Å². The average Bonchev–Trinajstić information content (AvgIpc) is 2.46. The van der Waals surface area contributed by atoms with Crippen LogP contribution in [0.5, 0.6) is 0 Å². The van der Waals surface area contributed by atoms with E-state index in [0.717, 1.165) is 5.56 Å². The van der Waals surface area contributed by atoms with Crippen LogP contribution >= 0.6 is 0 Å². The summed E-state index contributed by atoms with van der Waals surface area (Å²) in [5, 5.41) is 9.36. The molecule has 0 spiro atoms. The minimum absolute atomic E-state index is 0.220. The standard InChI is InChI=1S/C17H14F2O/c1-3-14(20)10-12-5-7-13(8-6-12)15-9-4-11(2)16(18)17(15)19/h1,4-9,14,20H,10H2,2H3. The van der Waals surface area contributed by atoms with Gasteiger partial charge in [0.15, 0.2) is 11.6 Å². The Bertz CT molecular complexity index is 654. The molecule has 0 radical (unpaired) electrons. The molecule has 0 aliphatic rings. The molecule has 2 rings (SSSR count). The highest BCUT2D eigenvalue weighted by Gasteiger charge is 2.12. The molecule has 0 aromatic heterocycles. The van der Waals surface area contributed by atoms with Crippen LogP contribution in [-0.4, -0.2) is 11.2 Å². The Labute approximate surface area is 116 Å². The molecule has 1 nitrogen and oxygen atoms in total. The van der Waals surface area contributed by atoms with Crippen LogP contribution < -0.4 is 0 Å². The lowest BCUT2D eigenvalue weighted by molar-refractivity contribution is 0.233. The van der Waals surface area contributed by atoms with Crippen molar-refractivity contribution in [3.8, 4) is 23.5 Å². The number of hydrogen-bond acceptors (Lipinski definition) is 1. The maximum atomic E-state index is 13.9. The zero-order chi connectivity index (χ0) is 14.7. The normalized spacial score (nSPS) is 11.9. The van der Waals surface area contributed by atoms with Gasteiger partial charge < -0.3 is 5.11 Å². The fourth-order valence-electron chi connectivity index (χ4n) is 1.97. The first kappa shape index (κ1) is 14.2. The maximum absolute atomic E-state index is 13.9. The fourth-order valence-corrected chi connectivity index (χ4v) is 1.97. The lowest BCUT2D eigenvalue weighted by Crippen LogP contribution is -2.06. The predicted octanol–water partition coefficient (Wildman–Crippen LogP) is 3.48. The molecule has 0 aliphatic heterocycles. The molecule has 0 saturated heterocycles. The molecule has 0 heterocycles. The van der Waals surface area contributed by atoms with Crippen molar-refractivity contribution >= 4 is 0 Å². The third-order valence-corrected chi connectivity index (χ3v) is 3.16. The van der Waals surface area contributed by atoms with Crippen LogP contribution in [0.2, 0.25) is 0 Å². The quantitative estimate of drug-likeness (QED) is 0.848. The number of aryl methyl sites for hydroxylation is 1. The molecule has 0 saturated carbocycles. The molecule has 1 atom stereocenters. The predicted molar refractivity (Wildman–Crippen MR) is 75.1 cm³/mol. The molecular weight excluding hydrogens is 258 g/mol. The van der Waals surface area contributed by atoms with Gasteiger partial charge in [-0.3, -0.25) is 0 Å². The maximum Gasteiger partial charge on any atom is 0.166 e. The molecule has 20 heavy (non-hydrogen) atoms. The highest BCUT2D eigenvalue weighted by atomic mass is 19.2. The minimum atomic E-state index is -0.846. The Kier molecular flexibility index (Phi) is 4.16. The molecule has 1 N–H and O–H groups in total. The summed E-state index contributed by atoms with van der Waals surface area (Å²) in [6.45, 7) is 1.52. The zero-order valence-electron chi connectivity index (χ0n) is 11.0. The van der Waals surface area contributed by atoms with E-state index in [1.165, 1.54) is 6.92 Å². The number of aliphatic hydroxyl groups is 1.